The first-order valence-electron chi connectivity index (χ1n) is 5.22. The molecule has 0 saturated heterocycles. The molecule has 0 aliphatic heterocycles. The zero-order chi connectivity index (χ0) is 11.5. The maximum atomic E-state index is 11.5. The van der Waals surface area contributed by atoms with E-state index >= 15 is 0 Å². The van der Waals surface area contributed by atoms with Crippen LogP contribution in [0.1, 0.15) is 32.1 Å². The van der Waals surface area contributed by atoms with Crippen molar-refractivity contribution in [2.75, 3.05) is 13.6 Å². The summed E-state index contributed by atoms with van der Waals surface area (Å²) in [5.74, 6) is -1.32. The van der Waals surface area contributed by atoms with Crippen molar-refractivity contribution in [3.8, 4) is 0 Å². The monoisotopic (exact) mass is 214 g/mol. The number of carbonyl (C=O) groups excluding carboxylic acids is 1. The summed E-state index contributed by atoms with van der Waals surface area (Å²) in [6.07, 6.45) is 4.31. The Balaban J connectivity index is 2.79. The van der Waals surface area contributed by atoms with E-state index in [0.717, 1.165) is 19.3 Å². The highest BCUT2D eigenvalue weighted by Gasteiger charge is 2.42. The lowest BCUT2D eigenvalue weighted by atomic mass is 9.80. The summed E-state index contributed by atoms with van der Waals surface area (Å²) in [6.45, 7) is -0.136. The fraction of sp³-hybridized carbons (Fsp3) is 0.800. The van der Waals surface area contributed by atoms with Crippen molar-refractivity contribution < 1.29 is 14.7 Å². The average molecular weight is 214 g/mol. The van der Waals surface area contributed by atoms with Crippen LogP contribution in [0.4, 0.5) is 0 Å². The van der Waals surface area contributed by atoms with Crippen molar-refractivity contribution in [1.82, 2.24) is 4.90 Å². The van der Waals surface area contributed by atoms with Crippen LogP contribution < -0.4 is 5.73 Å². The lowest BCUT2D eigenvalue weighted by molar-refractivity contribution is -0.142. The minimum Gasteiger partial charge on any atom is -0.480 e. The van der Waals surface area contributed by atoms with Crippen molar-refractivity contribution in [2.24, 2.45) is 5.73 Å². The Morgan fingerprint density at radius 1 is 1.33 bits per heavy atom. The Labute approximate surface area is 89.2 Å². The molecule has 0 bridgehead atoms. The largest absolute Gasteiger partial charge is 0.480 e. The number of nitrogens with two attached hydrogens (primary N) is 1. The Kier molecular flexibility index (Phi) is 3.68. The molecule has 1 aliphatic carbocycles. The van der Waals surface area contributed by atoms with Gasteiger partial charge in [0.05, 0.1) is 6.54 Å². The second-order valence-electron chi connectivity index (χ2n) is 4.21. The molecule has 3 N–H and O–H groups in total. The van der Waals surface area contributed by atoms with E-state index in [2.05, 4.69) is 0 Å². The van der Waals surface area contributed by atoms with Crippen LogP contribution in [0.15, 0.2) is 0 Å². The van der Waals surface area contributed by atoms with Gasteiger partial charge in [-0.1, -0.05) is 19.3 Å². The predicted molar refractivity (Wildman–Crippen MR) is 55.3 cm³/mol. The minimum absolute atomic E-state index is 0.136. The number of rotatable bonds is 4. The van der Waals surface area contributed by atoms with E-state index < -0.39 is 17.4 Å². The number of carboxylic acid groups (broad SMARTS) is 1. The van der Waals surface area contributed by atoms with E-state index in [1.165, 1.54) is 0 Å². The molecule has 0 radical (unpaired) electrons. The fourth-order valence-electron chi connectivity index (χ4n) is 2.31. The smallest absolute Gasteiger partial charge is 0.317 e. The van der Waals surface area contributed by atoms with Gasteiger partial charge in [0.1, 0.15) is 5.54 Å². The molecule has 0 atom stereocenters. The quantitative estimate of drug-likeness (QED) is 0.699. The van der Waals surface area contributed by atoms with Gasteiger partial charge in [0, 0.05) is 0 Å². The molecule has 0 aromatic carbocycles. The molecule has 0 aromatic rings. The molecule has 1 amide bonds. The van der Waals surface area contributed by atoms with Gasteiger partial charge >= 0.3 is 5.97 Å². The van der Waals surface area contributed by atoms with Gasteiger partial charge in [0.2, 0.25) is 5.91 Å². The molecule has 0 heterocycles. The Bertz CT molecular complexity index is 259. The van der Waals surface area contributed by atoms with Gasteiger partial charge < -0.3 is 10.8 Å². The van der Waals surface area contributed by atoms with Crippen LogP contribution in [-0.2, 0) is 9.59 Å². The lowest BCUT2D eigenvalue weighted by Gasteiger charge is -2.41. The summed E-state index contributed by atoms with van der Waals surface area (Å²) < 4.78 is 0. The minimum atomic E-state index is -0.927. The van der Waals surface area contributed by atoms with Gasteiger partial charge in [-0.2, -0.15) is 0 Å². The van der Waals surface area contributed by atoms with E-state index in [4.69, 9.17) is 10.8 Å². The van der Waals surface area contributed by atoms with Crippen molar-refractivity contribution in [3.63, 3.8) is 0 Å². The summed E-state index contributed by atoms with van der Waals surface area (Å²) in [5.41, 5.74) is 4.67. The number of hydrogen-bond acceptors (Lipinski definition) is 3. The molecule has 0 aromatic heterocycles. The molecule has 1 aliphatic rings. The van der Waals surface area contributed by atoms with Crippen LogP contribution in [0.5, 0.6) is 0 Å². The van der Waals surface area contributed by atoms with E-state index in [0.29, 0.717) is 12.8 Å². The molecular weight excluding hydrogens is 196 g/mol. The zero-order valence-electron chi connectivity index (χ0n) is 9.03. The number of nitrogens with zero attached hydrogens (tertiary/aromatic N) is 1. The van der Waals surface area contributed by atoms with E-state index in [1.54, 1.807) is 11.9 Å². The molecular formula is C10H18N2O3. The van der Waals surface area contributed by atoms with Gasteiger partial charge in [-0.25, -0.2) is 0 Å². The Morgan fingerprint density at radius 3 is 2.27 bits per heavy atom. The van der Waals surface area contributed by atoms with Crippen LogP contribution in [-0.4, -0.2) is 41.0 Å². The Morgan fingerprint density at radius 2 is 1.87 bits per heavy atom. The second-order valence-corrected chi connectivity index (χ2v) is 4.21. The molecule has 1 rings (SSSR count). The molecule has 15 heavy (non-hydrogen) atoms. The number of amides is 1. The number of likely N-dealkylation sites (N-methyl/N-ethyl adjacent to an activating group) is 1. The maximum absolute atomic E-state index is 11.5. The SMILES string of the molecule is CN(CC(=O)O)C1(C(N)=O)CCCCC1. The number of hydrogen-bond donors (Lipinski definition) is 2. The highest BCUT2D eigenvalue weighted by Crippen LogP contribution is 2.32. The third-order valence-electron chi connectivity index (χ3n) is 3.24. The van der Waals surface area contributed by atoms with Crippen LogP contribution in [0.3, 0.4) is 0 Å². The molecule has 0 spiro atoms. The van der Waals surface area contributed by atoms with Crippen LogP contribution in [0.2, 0.25) is 0 Å². The van der Waals surface area contributed by atoms with Gasteiger partial charge in [0.25, 0.3) is 0 Å². The molecule has 5 heteroatoms. The summed E-state index contributed by atoms with van der Waals surface area (Å²) in [5, 5.41) is 8.72. The number of carboxylic acids is 1. The van der Waals surface area contributed by atoms with Crippen molar-refractivity contribution in [3.05, 3.63) is 0 Å². The van der Waals surface area contributed by atoms with Crippen molar-refractivity contribution >= 4 is 11.9 Å². The molecule has 1 fully saturated rings. The standard InChI is InChI=1S/C10H18N2O3/c1-12(7-8(13)14)10(9(11)15)5-3-2-4-6-10/h2-7H2,1H3,(H2,11,15)(H,13,14). The second kappa shape index (κ2) is 4.61. The van der Waals surface area contributed by atoms with E-state index in [9.17, 15) is 9.59 Å². The highest BCUT2D eigenvalue weighted by molar-refractivity contribution is 5.85. The van der Waals surface area contributed by atoms with E-state index in [-0.39, 0.29) is 6.54 Å². The van der Waals surface area contributed by atoms with E-state index in [1.807, 2.05) is 0 Å². The number of aliphatic carboxylic acids is 1. The molecule has 1 saturated carbocycles. The van der Waals surface area contributed by atoms with Gasteiger partial charge in [-0.3, -0.25) is 14.5 Å². The van der Waals surface area contributed by atoms with Crippen molar-refractivity contribution in [1.29, 1.82) is 0 Å². The normalized spacial score (nSPS) is 20.1. The molecule has 0 unspecified atom stereocenters. The van der Waals surface area contributed by atoms with Crippen LogP contribution in [0.25, 0.3) is 0 Å². The summed E-state index contributed by atoms with van der Waals surface area (Å²) >= 11 is 0. The predicted octanol–water partition coefficient (Wildman–Crippen LogP) is 0.191. The first kappa shape index (κ1) is 12.0. The van der Waals surface area contributed by atoms with Crippen LogP contribution in [0, 0.1) is 0 Å². The maximum Gasteiger partial charge on any atom is 0.317 e. The number of primary amides is 1. The highest BCUT2D eigenvalue weighted by atomic mass is 16.4. The third kappa shape index (κ3) is 2.47. The summed E-state index contributed by atoms with van der Waals surface area (Å²) in [7, 11) is 1.66. The van der Waals surface area contributed by atoms with Crippen LogP contribution >= 0.6 is 0 Å². The molecule has 86 valence electrons. The first-order chi connectivity index (χ1) is 6.99. The fourth-order valence-corrected chi connectivity index (χ4v) is 2.31. The summed E-state index contributed by atoms with van der Waals surface area (Å²) in [4.78, 5) is 23.7. The van der Waals surface area contributed by atoms with Gasteiger partial charge in [0.15, 0.2) is 0 Å². The van der Waals surface area contributed by atoms with Gasteiger partial charge in [-0.15, -0.1) is 0 Å². The van der Waals surface area contributed by atoms with Crippen molar-refractivity contribution in [2.45, 2.75) is 37.6 Å². The first-order valence-corrected chi connectivity index (χ1v) is 5.22. The Hall–Kier alpha value is -1.10. The zero-order valence-corrected chi connectivity index (χ0v) is 9.03. The lowest BCUT2D eigenvalue weighted by Crippen LogP contribution is -2.58. The summed E-state index contributed by atoms with van der Waals surface area (Å²) in [6, 6.07) is 0. The van der Waals surface area contributed by atoms with Gasteiger partial charge in [-0.05, 0) is 19.9 Å². The topological polar surface area (TPSA) is 83.6 Å². The average Bonchev–Trinajstić information content (AvgIpc) is 2.17. The third-order valence-corrected chi connectivity index (χ3v) is 3.24. The molecule has 5 nitrogen and oxygen atoms in total. The number of carbonyl (C=O) groups is 2.